The summed E-state index contributed by atoms with van der Waals surface area (Å²) in [6.07, 6.45) is 0.0971. The number of hydrogen-bond acceptors (Lipinski definition) is 3. The number of aryl methyl sites for hydroxylation is 1. The van der Waals surface area contributed by atoms with Gasteiger partial charge in [-0.1, -0.05) is 19.1 Å². The lowest BCUT2D eigenvalue weighted by Gasteiger charge is -2.22. The number of halogens is 1. The average molecular weight is 227 g/mol. The summed E-state index contributed by atoms with van der Waals surface area (Å²) in [6.45, 7) is 3.33. The topological polar surface area (TPSA) is 55.5 Å². The molecule has 0 saturated heterocycles. The van der Waals surface area contributed by atoms with Crippen LogP contribution in [0.1, 0.15) is 18.9 Å². The van der Waals surface area contributed by atoms with Crippen molar-refractivity contribution in [1.29, 1.82) is 0 Å². The molecule has 3 N–H and O–H groups in total. The summed E-state index contributed by atoms with van der Waals surface area (Å²) in [4.78, 5) is 0. The van der Waals surface area contributed by atoms with Gasteiger partial charge in [0.2, 0.25) is 0 Å². The van der Waals surface area contributed by atoms with Gasteiger partial charge in [0.25, 0.3) is 0 Å². The minimum absolute atomic E-state index is 0.142. The number of aliphatic hydroxyl groups is 1. The van der Waals surface area contributed by atoms with E-state index in [1.807, 2.05) is 6.92 Å². The Morgan fingerprint density at radius 1 is 1.50 bits per heavy atom. The lowest BCUT2D eigenvalue weighted by molar-refractivity contribution is 0.0895. The average Bonchev–Trinajstić information content (AvgIpc) is 2.30. The number of rotatable bonds is 5. The molecule has 4 heteroatoms. The lowest BCUT2D eigenvalue weighted by atomic mass is 10.1. The van der Waals surface area contributed by atoms with E-state index in [2.05, 4.69) is 0 Å². The highest BCUT2D eigenvalue weighted by atomic mass is 19.1. The molecule has 1 aromatic rings. The highest BCUT2D eigenvalue weighted by Gasteiger charge is 2.19. The molecule has 0 fully saturated rings. The molecule has 2 unspecified atom stereocenters. The van der Waals surface area contributed by atoms with Crippen LogP contribution in [0.25, 0.3) is 0 Å². The van der Waals surface area contributed by atoms with Gasteiger partial charge < -0.3 is 15.6 Å². The summed E-state index contributed by atoms with van der Waals surface area (Å²) in [7, 11) is 0. The van der Waals surface area contributed by atoms with Crippen molar-refractivity contribution in [2.75, 3.05) is 6.61 Å². The first-order chi connectivity index (χ1) is 7.60. The zero-order chi connectivity index (χ0) is 12.1. The quantitative estimate of drug-likeness (QED) is 0.803. The van der Waals surface area contributed by atoms with E-state index < -0.39 is 11.9 Å². The van der Waals surface area contributed by atoms with Crippen molar-refractivity contribution in [3.8, 4) is 5.75 Å². The van der Waals surface area contributed by atoms with Gasteiger partial charge >= 0.3 is 0 Å². The van der Waals surface area contributed by atoms with Crippen molar-refractivity contribution < 1.29 is 14.2 Å². The molecule has 16 heavy (non-hydrogen) atoms. The van der Waals surface area contributed by atoms with Gasteiger partial charge in [0.05, 0.1) is 6.61 Å². The third-order valence-corrected chi connectivity index (χ3v) is 2.56. The molecular formula is C12H18FNO2. The summed E-state index contributed by atoms with van der Waals surface area (Å²) in [5.74, 6) is -0.257. The van der Waals surface area contributed by atoms with Crippen LogP contribution < -0.4 is 10.5 Å². The van der Waals surface area contributed by atoms with E-state index in [0.29, 0.717) is 12.0 Å². The molecule has 0 amide bonds. The highest BCUT2D eigenvalue weighted by Crippen LogP contribution is 2.21. The van der Waals surface area contributed by atoms with Gasteiger partial charge in [0, 0.05) is 6.04 Å². The third-order valence-electron chi connectivity index (χ3n) is 2.56. The van der Waals surface area contributed by atoms with Crippen LogP contribution >= 0.6 is 0 Å². The number of aliphatic hydroxyl groups excluding tert-OH is 1. The molecular weight excluding hydrogens is 209 g/mol. The Balaban J connectivity index is 2.82. The lowest BCUT2D eigenvalue weighted by Crippen LogP contribution is -2.41. The molecule has 0 heterocycles. The van der Waals surface area contributed by atoms with Crippen molar-refractivity contribution in [1.82, 2.24) is 0 Å². The summed E-state index contributed by atoms with van der Waals surface area (Å²) in [5, 5.41) is 9.12. The van der Waals surface area contributed by atoms with Crippen LogP contribution in [0, 0.1) is 12.7 Å². The molecule has 1 rings (SSSR count). The van der Waals surface area contributed by atoms with Crippen molar-refractivity contribution in [2.24, 2.45) is 5.73 Å². The smallest absolute Gasteiger partial charge is 0.167 e. The Morgan fingerprint density at radius 2 is 2.19 bits per heavy atom. The fraction of sp³-hybridized carbons (Fsp3) is 0.500. The van der Waals surface area contributed by atoms with E-state index in [9.17, 15) is 4.39 Å². The zero-order valence-corrected chi connectivity index (χ0v) is 9.61. The molecule has 0 aliphatic heterocycles. The van der Waals surface area contributed by atoms with Gasteiger partial charge in [-0.2, -0.15) is 0 Å². The summed E-state index contributed by atoms with van der Waals surface area (Å²) < 4.78 is 19.0. The Hall–Kier alpha value is -1.13. The first-order valence-corrected chi connectivity index (χ1v) is 5.38. The van der Waals surface area contributed by atoms with Gasteiger partial charge in [0.15, 0.2) is 11.6 Å². The van der Waals surface area contributed by atoms with Crippen LogP contribution in [-0.2, 0) is 0 Å². The van der Waals surface area contributed by atoms with E-state index in [-0.39, 0.29) is 18.4 Å². The largest absolute Gasteiger partial charge is 0.483 e. The molecule has 0 bridgehead atoms. The van der Waals surface area contributed by atoms with E-state index in [1.54, 1.807) is 19.1 Å². The predicted octanol–water partition coefficient (Wildman–Crippen LogP) is 1.61. The first kappa shape index (κ1) is 12.9. The second-order valence-electron chi connectivity index (χ2n) is 3.80. The Bertz CT molecular complexity index is 344. The SMILES string of the molecule is CCC(N)C(CO)Oc1cccc(C)c1F. The second-order valence-corrected chi connectivity index (χ2v) is 3.80. The van der Waals surface area contributed by atoms with Gasteiger partial charge in [-0.05, 0) is 25.0 Å². The molecule has 0 radical (unpaired) electrons. The van der Waals surface area contributed by atoms with Gasteiger partial charge in [-0.15, -0.1) is 0 Å². The maximum Gasteiger partial charge on any atom is 0.167 e. The normalized spacial score (nSPS) is 14.6. The molecule has 0 aliphatic carbocycles. The van der Waals surface area contributed by atoms with Crippen LogP contribution in [0.3, 0.4) is 0 Å². The molecule has 3 nitrogen and oxygen atoms in total. The van der Waals surface area contributed by atoms with Crippen molar-refractivity contribution >= 4 is 0 Å². The molecule has 0 aromatic heterocycles. The van der Waals surface area contributed by atoms with Gasteiger partial charge in [0.1, 0.15) is 6.10 Å². The minimum atomic E-state index is -0.568. The highest BCUT2D eigenvalue weighted by molar-refractivity contribution is 5.30. The number of benzene rings is 1. The van der Waals surface area contributed by atoms with Gasteiger partial charge in [-0.3, -0.25) is 0 Å². The predicted molar refractivity (Wildman–Crippen MR) is 60.9 cm³/mol. The minimum Gasteiger partial charge on any atom is -0.483 e. The van der Waals surface area contributed by atoms with Crippen molar-refractivity contribution in [2.45, 2.75) is 32.4 Å². The Morgan fingerprint density at radius 3 is 2.75 bits per heavy atom. The van der Waals surface area contributed by atoms with Crippen LogP contribution in [0.2, 0.25) is 0 Å². The van der Waals surface area contributed by atoms with E-state index in [0.717, 1.165) is 0 Å². The van der Waals surface area contributed by atoms with Crippen LogP contribution in [-0.4, -0.2) is 23.9 Å². The van der Waals surface area contributed by atoms with Crippen molar-refractivity contribution in [3.63, 3.8) is 0 Å². The van der Waals surface area contributed by atoms with Crippen LogP contribution in [0.15, 0.2) is 18.2 Å². The summed E-state index contributed by atoms with van der Waals surface area (Å²) in [5.41, 5.74) is 6.27. The Kier molecular flexibility index (Phi) is 4.71. The first-order valence-electron chi connectivity index (χ1n) is 5.38. The fourth-order valence-electron chi connectivity index (χ4n) is 1.40. The van der Waals surface area contributed by atoms with Crippen LogP contribution in [0.4, 0.5) is 4.39 Å². The zero-order valence-electron chi connectivity index (χ0n) is 9.61. The molecule has 0 saturated carbocycles. The van der Waals surface area contributed by atoms with Gasteiger partial charge in [-0.25, -0.2) is 4.39 Å². The second kappa shape index (κ2) is 5.82. The van der Waals surface area contributed by atoms with E-state index >= 15 is 0 Å². The summed E-state index contributed by atoms with van der Waals surface area (Å²) in [6, 6.07) is 4.60. The molecule has 1 aromatic carbocycles. The number of nitrogens with two attached hydrogens (primary N) is 1. The standard InChI is InChI=1S/C12H18FNO2/c1-3-9(14)11(7-15)16-10-6-4-5-8(2)12(10)13/h4-6,9,11,15H,3,7,14H2,1-2H3. The fourth-order valence-corrected chi connectivity index (χ4v) is 1.40. The number of hydrogen-bond donors (Lipinski definition) is 2. The maximum absolute atomic E-state index is 13.6. The molecule has 0 spiro atoms. The van der Waals surface area contributed by atoms with E-state index in [4.69, 9.17) is 15.6 Å². The van der Waals surface area contributed by atoms with Crippen LogP contribution in [0.5, 0.6) is 5.75 Å². The van der Waals surface area contributed by atoms with E-state index in [1.165, 1.54) is 6.07 Å². The maximum atomic E-state index is 13.6. The van der Waals surface area contributed by atoms with Crippen molar-refractivity contribution in [3.05, 3.63) is 29.6 Å². The number of ether oxygens (including phenoxy) is 1. The third kappa shape index (κ3) is 2.93. The Labute approximate surface area is 95.0 Å². The summed E-state index contributed by atoms with van der Waals surface area (Å²) >= 11 is 0. The monoisotopic (exact) mass is 227 g/mol. The molecule has 0 aliphatic rings. The molecule has 90 valence electrons. The molecule has 2 atom stereocenters.